The first-order valence-electron chi connectivity index (χ1n) is 5.35. The maximum absolute atomic E-state index is 11.5. The fourth-order valence-corrected chi connectivity index (χ4v) is 2.61. The SMILES string of the molecule is CC1=CC(C)CC(C2NC(=O)NC2=O)C1. The van der Waals surface area contributed by atoms with E-state index in [-0.39, 0.29) is 23.9 Å². The van der Waals surface area contributed by atoms with Crippen LogP contribution in [0, 0.1) is 11.8 Å². The van der Waals surface area contributed by atoms with Gasteiger partial charge in [0.15, 0.2) is 0 Å². The lowest BCUT2D eigenvalue weighted by Crippen LogP contribution is -2.38. The van der Waals surface area contributed by atoms with E-state index in [4.69, 9.17) is 0 Å². The van der Waals surface area contributed by atoms with Crippen molar-refractivity contribution in [3.05, 3.63) is 11.6 Å². The van der Waals surface area contributed by atoms with E-state index in [1.165, 1.54) is 5.57 Å². The van der Waals surface area contributed by atoms with Crippen molar-refractivity contribution in [2.24, 2.45) is 11.8 Å². The standard InChI is InChI=1S/C11H16N2O2/c1-6-3-7(2)5-8(4-6)9-10(14)13-11(15)12-9/h3,6,8-9H,4-5H2,1-2H3,(H2,12,13,14,15). The van der Waals surface area contributed by atoms with Crippen LogP contribution in [0.15, 0.2) is 11.6 Å². The third kappa shape index (κ3) is 2.03. The number of carbonyl (C=O) groups excluding carboxylic acids is 2. The fourth-order valence-electron chi connectivity index (χ4n) is 2.61. The summed E-state index contributed by atoms with van der Waals surface area (Å²) in [6, 6.07) is -0.687. The Morgan fingerprint density at radius 3 is 2.67 bits per heavy atom. The zero-order valence-electron chi connectivity index (χ0n) is 9.04. The molecule has 1 saturated heterocycles. The summed E-state index contributed by atoms with van der Waals surface area (Å²) in [5.41, 5.74) is 1.31. The monoisotopic (exact) mass is 208 g/mol. The van der Waals surface area contributed by atoms with E-state index in [2.05, 4.69) is 30.6 Å². The zero-order valence-corrected chi connectivity index (χ0v) is 9.04. The van der Waals surface area contributed by atoms with Gasteiger partial charge in [0.05, 0.1) is 0 Å². The molecule has 2 aliphatic rings. The molecule has 0 spiro atoms. The van der Waals surface area contributed by atoms with Gasteiger partial charge in [0.1, 0.15) is 6.04 Å². The summed E-state index contributed by atoms with van der Waals surface area (Å²) in [5.74, 6) is 0.567. The average Bonchev–Trinajstić information content (AvgIpc) is 2.43. The molecule has 4 heteroatoms. The molecule has 1 fully saturated rings. The molecule has 3 unspecified atom stereocenters. The Kier molecular flexibility index (Phi) is 2.50. The minimum atomic E-state index is -0.357. The maximum atomic E-state index is 11.5. The topological polar surface area (TPSA) is 58.2 Å². The zero-order chi connectivity index (χ0) is 11.0. The first kappa shape index (κ1) is 10.2. The third-order valence-corrected chi connectivity index (χ3v) is 3.10. The summed E-state index contributed by atoms with van der Waals surface area (Å²) in [7, 11) is 0. The van der Waals surface area contributed by atoms with Crippen molar-refractivity contribution in [3.63, 3.8) is 0 Å². The summed E-state index contributed by atoms with van der Waals surface area (Å²) in [6.45, 7) is 4.22. The highest BCUT2D eigenvalue weighted by atomic mass is 16.2. The number of allylic oxidation sites excluding steroid dienone is 2. The van der Waals surface area contributed by atoms with Crippen LogP contribution in [0.5, 0.6) is 0 Å². The van der Waals surface area contributed by atoms with Gasteiger partial charge < -0.3 is 5.32 Å². The van der Waals surface area contributed by atoms with E-state index in [9.17, 15) is 9.59 Å². The molecule has 3 atom stereocenters. The number of hydrogen-bond acceptors (Lipinski definition) is 2. The van der Waals surface area contributed by atoms with Crippen molar-refractivity contribution in [2.45, 2.75) is 32.7 Å². The van der Waals surface area contributed by atoms with Gasteiger partial charge in [0, 0.05) is 0 Å². The van der Waals surface area contributed by atoms with Gasteiger partial charge in [0.2, 0.25) is 0 Å². The second-order valence-electron chi connectivity index (χ2n) is 4.63. The quantitative estimate of drug-likeness (QED) is 0.502. The molecule has 15 heavy (non-hydrogen) atoms. The molecule has 0 saturated carbocycles. The molecule has 4 nitrogen and oxygen atoms in total. The summed E-state index contributed by atoms with van der Waals surface area (Å²) >= 11 is 0. The lowest BCUT2D eigenvalue weighted by atomic mass is 9.79. The van der Waals surface area contributed by atoms with Crippen LogP contribution in [0.1, 0.15) is 26.7 Å². The molecule has 2 N–H and O–H groups in total. The molecule has 0 radical (unpaired) electrons. The van der Waals surface area contributed by atoms with Gasteiger partial charge in [-0.15, -0.1) is 0 Å². The van der Waals surface area contributed by atoms with Gasteiger partial charge in [-0.3, -0.25) is 10.1 Å². The molecule has 0 aromatic heterocycles. The molecular formula is C11H16N2O2. The summed E-state index contributed by atoms with van der Waals surface area (Å²) in [5, 5.41) is 4.97. The Labute approximate surface area is 89.1 Å². The highest BCUT2D eigenvalue weighted by Gasteiger charge is 2.37. The second-order valence-corrected chi connectivity index (χ2v) is 4.63. The summed E-state index contributed by atoms with van der Waals surface area (Å²) in [4.78, 5) is 22.5. The Morgan fingerprint density at radius 2 is 2.13 bits per heavy atom. The fraction of sp³-hybridized carbons (Fsp3) is 0.636. The second kappa shape index (κ2) is 3.68. The molecule has 0 aromatic rings. The molecule has 3 amide bonds. The first-order chi connectivity index (χ1) is 7.06. The average molecular weight is 208 g/mol. The van der Waals surface area contributed by atoms with Crippen LogP contribution in [0.25, 0.3) is 0 Å². The summed E-state index contributed by atoms with van der Waals surface area (Å²) < 4.78 is 0. The molecule has 1 heterocycles. The van der Waals surface area contributed by atoms with Crippen LogP contribution in [0.2, 0.25) is 0 Å². The molecular weight excluding hydrogens is 192 g/mol. The largest absolute Gasteiger partial charge is 0.326 e. The van der Waals surface area contributed by atoms with Crippen LogP contribution >= 0.6 is 0 Å². The lowest BCUT2D eigenvalue weighted by molar-refractivity contribution is -0.121. The van der Waals surface area contributed by atoms with E-state index >= 15 is 0 Å². The predicted molar refractivity (Wildman–Crippen MR) is 56.1 cm³/mol. The molecule has 0 bridgehead atoms. The molecule has 2 rings (SSSR count). The number of carbonyl (C=O) groups is 2. The van der Waals surface area contributed by atoms with Crippen LogP contribution in [0.3, 0.4) is 0 Å². The minimum absolute atomic E-state index is 0.174. The number of rotatable bonds is 1. The minimum Gasteiger partial charge on any atom is -0.326 e. The maximum Gasteiger partial charge on any atom is 0.322 e. The van der Waals surface area contributed by atoms with E-state index in [1.807, 2.05) is 0 Å². The highest BCUT2D eigenvalue weighted by Crippen LogP contribution is 2.30. The van der Waals surface area contributed by atoms with Crippen molar-refractivity contribution in [3.8, 4) is 0 Å². The number of imide groups is 1. The van der Waals surface area contributed by atoms with E-state index < -0.39 is 0 Å². The number of hydrogen-bond donors (Lipinski definition) is 2. The van der Waals surface area contributed by atoms with Crippen molar-refractivity contribution in [2.75, 3.05) is 0 Å². The van der Waals surface area contributed by atoms with Gasteiger partial charge in [-0.25, -0.2) is 4.79 Å². The van der Waals surface area contributed by atoms with Gasteiger partial charge in [-0.1, -0.05) is 18.6 Å². The molecule has 1 aliphatic heterocycles. The Morgan fingerprint density at radius 1 is 1.40 bits per heavy atom. The van der Waals surface area contributed by atoms with Crippen LogP contribution < -0.4 is 10.6 Å². The van der Waals surface area contributed by atoms with Gasteiger partial charge >= 0.3 is 6.03 Å². The van der Waals surface area contributed by atoms with E-state index in [0.29, 0.717) is 5.92 Å². The Balaban J connectivity index is 2.09. The van der Waals surface area contributed by atoms with Gasteiger partial charge in [-0.05, 0) is 31.6 Å². The van der Waals surface area contributed by atoms with Gasteiger partial charge in [-0.2, -0.15) is 0 Å². The van der Waals surface area contributed by atoms with Crippen LogP contribution in [-0.4, -0.2) is 18.0 Å². The number of urea groups is 1. The number of amides is 3. The van der Waals surface area contributed by atoms with Crippen molar-refractivity contribution in [1.29, 1.82) is 0 Å². The normalized spacial score (nSPS) is 35.9. The first-order valence-corrected chi connectivity index (χ1v) is 5.35. The van der Waals surface area contributed by atoms with Gasteiger partial charge in [0.25, 0.3) is 5.91 Å². The molecule has 0 aromatic carbocycles. The highest BCUT2D eigenvalue weighted by molar-refractivity contribution is 6.04. The van der Waals surface area contributed by atoms with Crippen molar-refractivity contribution < 1.29 is 9.59 Å². The third-order valence-electron chi connectivity index (χ3n) is 3.10. The van der Waals surface area contributed by atoms with Crippen molar-refractivity contribution in [1.82, 2.24) is 10.6 Å². The van der Waals surface area contributed by atoms with Crippen LogP contribution in [0.4, 0.5) is 4.79 Å². The van der Waals surface area contributed by atoms with Crippen LogP contribution in [-0.2, 0) is 4.79 Å². The Bertz CT molecular complexity index is 335. The summed E-state index contributed by atoms with van der Waals surface area (Å²) in [6.07, 6.45) is 4.11. The van der Waals surface area contributed by atoms with Crippen molar-refractivity contribution >= 4 is 11.9 Å². The number of nitrogens with one attached hydrogen (secondary N) is 2. The van der Waals surface area contributed by atoms with E-state index in [0.717, 1.165) is 12.8 Å². The van der Waals surface area contributed by atoms with E-state index in [1.54, 1.807) is 0 Å². The smallest absolute Gasteiger partial charge is 0.322 e. The lowest BCUT2D eigenvalue weighted by Gasteiger charge is -2.28. The predicted octanol–water partition coefficient (Wildman–Crippen LogP) is 1.19. The molecule has 82 valence electrons. The Hall–Kier alpha value is -1.32. The molecule has 1 aliphatic carbocycles.